The minimum Gasteiger partial charge on any atom is -0.459 e. The first-order chi connectivity index (χ1) is 16.3. The molecule has 178 valence electrons. The van der Waals surface area contributed by atoms with Crippen molar-refractivity contribution in [1.82, 2.24) is 4.90 Å². The van der Waals surface area contributed by atoms with Gasteiger partial charge >= 0.3 is 12.0 Å². The molecule has 1 fully saturated rings. The summed E-state index contributed by atoms with van der Waals surface area (Å²) in [6, 6.07) is 12.2. The van der Waals surface area contributed by atoms with Crippen molar-refractivity contribution < 1.29 is 18.7 Å². The smallest absolute Gasteiger partial charge is 0.338 e. The first-order valence-electron chi connectivity index (χ1n) is 11.1. The number of benzene rings is 2. The van der Waals surface area contributed by atoms with E-state index in [1.54, 1.807) is 23.9 Å². The highest BCUT2D eigenvalue weighted by Crippen LogP contribution is 2.40. The van der Waals surface area contributed by atoms with Crippen LogP contribution < -0.4 is 10.6 Å². The summed E-state index contributed by atoms with van der Waals surface area (Å²) in [5, 5.41) is 6.30. The molecule has 9 heteroatoms. The Morgan fingerprint density at radius 3 is 2.56 bits per heavy atom. The fraction of sp³-hybridized carbons (Fsp3) is 0.320. The number of halogens is 1. The number of esters is 1. The molecule has 1 unspecified atom stereocenters. The summed E-state index contributed by atoms with van der Waals surface area (Å²) in [5.74, 6) is 0.151. The van der Waals surface area contributed by atoms with Crippen molar-refractivity contribution in [2.45, 2.75) is 39.3 Å². The van der Waals surface area contributed by atoms with Crippen LogP contribution in [0.2, 0.25) is 0 Å². The second-order valence-corrected chi connectivity index (χ2v) is 9.42. The summed E-state index contributed by atoms with van der Waals surface area (Å²) in [5.41, 5.74) is 2.88. The van der Waals surface area contributed by atoms with E-state index in [-0.39, 0.29) is 12.1 Å². The molecule has 1 atom stereocenters. The molecule has 0 aliphatic carbocycles. The van der Waals surface area contributed by atoms with E-state index in [4.69, 9.17) is 4.74 Å². The van der Waals surface area contributed by atoms with E-state index in [0.717, 1.165) is 29.4 Å². The molecule has 0 saturated carbocycles. The highest BCUT2D eigenvalue weighted by molar-refractivity contribution is 8.13. The van der Waals surface area contributed by atoms with Crippen LogP contribution in [-0.4, -0.2) is 40.5 Å². The van der Waals surface area contributed by atoms with Crippen molar-refractivity contribution in [2.75, 3.05) is 22.9 Å². The number of urea groups is 1. The summed E-state index contributed by atoms with van der Waals surface area (Å²) < 4.78 is 19.0. The van der Waals surface area contributed by atoms with Gasteiger partial charge in [-0.15, -0.1) is 0 Å². The number of aliphatic imine (C=N–C) groups is 1. The monoisotopic (exact) mass is 482 g/mol. The lowest BCUT2D eigenvalue weighted by atomic mass is 9.94. The fourth-order valence-corrected chi connectivity index (χ4v) is 5.02. The Kier molecular flexibility index (Phi) is 7.21. The molecule has 0 radical (unpaired) electrons. The third-order valence-electron chi connectivity index (χ3n) is 5.36. The molecule has 4 rings (SSSR count). The molecule has 2 aromatic rings. The molecule has 2 N–H and O–H groups in total. The molecular formula is C25H27FN4O3S. The molecule has 34 heavy (non-hydrogen) atoms. The number of carbonyl (C=O) groups is 2. The normalized spacial score (nSPS) is 17.7. The molecular weight excluding hydrogens is 455 g/mol. The number of hydrogen-bond acceptors (Lipinski definition) is 6. The van der Waals surface area contributed by atoms with E-state index in [1.807, 2.05) is 39.0 Å². The molecule has 2 heterocycles. The van der Waals surface area contributed by atoms with Gasteiger partial charge in [-0.25, -0.2) is 19.0 Å². The number of carbonyl (C=O) groups excluding carboxylic acids is 2. The Labute approximate surface area is 202 Å². The fourth-order valence-electron chi connectivity index (χ4n) is 4.00. The molecule has 2 aliphatic heterocycles. The lowest BCUT2D eigenvalue weighted by Gasteiger charge is -2.40. The summed E-state index contributed by atoms with van der Waals surface area (Å²) in [6.45, 7) is 6.23. The van der Waals surface area contributed by atoms with Gasteiger partial charge in [0.25, 0.3) is 0 Å². The lowest BCUT2D eigenvalue weighted by molar-refractivity contribution is -0.143. The van der Waals surface area contributed by atoms with Gasteiger partial charge in [0.05, 0.1) is 23.4 Å². The van der Waals surface area contributed by atoms with Crippen molar-refractivity contribution in [3.63, 3.8) is 0 Å². The van der Waals surface area contributed by atoms with Crippen LogP contribution in [0.15, 0.2) is 64.8 Å². The number of ether oxygens (including phenoxy) is 1. The predicted octanol–water partition coefficient (Wildman–Crippen LogP) is 5.54. The molecule has 1 saturated heterocycles. The number of hydrogen-bond donors (Lipinski definition) is 2. The number of fused-ring (bicyclic) bond motifs is 1. The highest BCUT2D eigenvalue weighted by atomic mass is 32.2. The molecule has 2 aliphatic rings. The van der Waals surface area contributed by atoms with Gasteiger partial charge in [-0.1, -0.05) is 30.0 Å². The van der Waals surface area contributed by atoms with E-state index in [0.29, 0.717) is 22.6 Å². The van der Waals surface area contributed by atoms with E-state index < -0.39 is 17.8 Å². The molecule has 2 aromatic carbocycles. The van der Waals surface area contributed by atoms with Gasteiger partial charge in [-0.2, -0.15) is 0 Å². The minimum atomic E-state index is -0.492. The average molecular weight is 483 g/mol. The number of nitrogens with one attached hydrogen (secondary N) is 2. The van der Waals surface area contributed by atoms with Crippen LogP contribution in [-0.2, 0) is 9.53 Å². The Hall–Kier alpha value is -3.33. The van der Waals surface area contributed by atoms with E-state index in [1.165, 1.54) is 18.2 Å². The molecule has 0 aromatic heterocycles. The largest absolute Gasteiger partial charge is 0.459 e. The zero-order chi connectivity index (χ0) is 24.2. The van der Waals surface area contributed by atoms with E-state index in [9.17, 15) is 14.0 Å². The van der Waals surface area contributed by atoms with Crippen LogP contribution in [0.5, 0.6) is 0 Å². The Balaban J connectivity index is 1.62. The van der Waals surface area contributed by atoms with Crippen LogP contribution in [0.3, 0.4) is 0 Å². The van der Waals surface area contributed by atoms with Gasteiger partial charge in [0.2, 0.25) is 0 Å². The quantitative estimate of drug-likeness (QED) is 0.547. The van der Waals surface area contributed by atoms with Gasteiger partial charge in [0.1, 0.15) is 5.82 Å². The molecule has 0 bridgehead atoms. The summed E-state index contributed by atoms with van der Waals surface area (Å²) in [7, 11) is 0. The van der Waals surface area contributed by atoms with Gasteiger partial charge in [0, 0.05) is 23.7 Å². The zero-order valence-corrected chi connectivity index (χ0v) is 20.1. The minimum absolute atomic E-state index is 0.255. The maximum absolute atomic E-state index is 13.4. The van der Waals surface area contributed by atoms with Crippen molar-refractivity contribution in [1.29, 1.82) is 0 Å². The number of amides is 2. The zero-order valence-electron chi connectivity index (χ0n) is 19.3. The van der Waals surface area contributed by atoms with Crippen molar-refractivity contribution in [3.05, 3.63) is 71.2 Å². The first kappa shape index (κ1) is 23.8. The highest BCUT2D eigenvalue weighted by Gasteiger charge is 2.38. The molecule has 0 spiro atoms. The average Bonchev–Trinajstić information content (AvgIpc) is 2.77. The van der Waals surface area contributed by atoms with Crippen molar-refractivity contribution in [2.24, 2.45) is 4.99 Å². The Morgan fingerprint density at radius 1 is 1.15 bits per heavy atom. The second-order valence-electron chi connectivity index (χ2n) is 8.36. The van der Waals surface area contributed by atoms with Crippen LogP contribution in [0.4, 0.5) is 20.6 Å². The Bertz CT molecular complexity index is 1160. The van der Waals surface area contributed by atoms with Crippen LogP contribution in [0, 0.1) is 5.82 Å². The van der Waals surface area contributed by atoms with Gasteiger partial charge in [-0.3, -0.25) is 0 Å². The van der Waals surface area contributed by atoms with Gasteiger partial charge < -0.3 is 20.3 Å². The van der Waals surface area contributed by atoms with Gasteiger partial charge in [-0.05, 0) is 63.1 Å². The van der Waals surface area contributed by atoms with E-state index in [2.05, 4.69) is 20.5 Å². The third kappa shape index (κ3) is 5.41. The second kappa shape index (κ2) is 10.3. The number of thioether (sulfide) groups is 1. The number of rotatable bonds is 5. The molecule has 7 nitrogen and oxygen atoms in total. The molecule has 2 amide bonds. The maximum Gasteiger partial charge on any atom is 0.338 e. The first-order valence-corrected chi connectivity index (χ1v) is 12.1. The lowest BCUT2D eigenvalue weighted by Crippen LogP contribution is -2.42. The van der Waals surface area contributed by atoms with Crippen LogP contribution in [0.1, 0.15) is 38.8 Å². The van der Waals surface area contributed by atoms with Gasteiger partial charge in [0.15, 0.2) is 5.17 Å². The summed E-state index contributed by atoms with van der Waals surface area (Å²) in [6.07, 6.45) is 0.716. The SMILES string of the molecule is CC1=C(C(=O)OC(C)C)C(c2cccc(NC(=O)Nc3cccc(F)c3)c2)N2CCCSC2=N1. The number of nitrogens with zero attached hydrogens (tertiary/aromatic N) is 2. The van der Waals surface area contributed by atoms with Crippen molar-refractivity contribution in [3.8, 4) is 0 Å². The third-order valence-corrected chi connectivity index (χ3v) is 6.44. The van der Waals surface area contributed by atoms with E-state index >= 15 is 0 Å². The maximum atomic E-state index is 13.4. The summed E-state index contributed by atoms with van der Waals surface area (Å²) in [4.78, 5) is 32.4. The van der Waals surface area contributed by atoms with Crippen LogP contribution >= 0.6 is 11.8 Å². The summed E-state index contributed by atoms with van der Waals surface area (Å²) >= 11 is 1.67. The predicted molar refractivity (Wildman–Crippen MR) is 133 cm³/mol. The standard InChI is InChI=1S/C25H27FN4O3S/c1-15(2)33-23(31)21-16(3)27-25-30(11-6-12-34-25)22(21)17-7-4-9-19(13-17)28-24(32)29-20-10-5-8-18(26)14-20/h4-5,7-10,13-15,22H,6,11-12H2,1-3H3,(H2,28,29,32). The number of anilines is 2. The Morgan fingerprint density at radius 2 is 1.85 bits per heavy atom. The number of amidine groups is 1. The topological polar surface area (TPSA) is 83.0 Å². The van der Waals surface area contributed by atoms with Crippen molar-refractivity contribution >= 4 is 40.3 Å². The van der Waals surface area contributed by atoms with Crippen LogP contribution in [0.25, 0.3) is 0 Å². The number of allylic oxidation sites excluding steroid dienone is 1.